The molecule has 0 unspecified atom stereocenters. The van der Waals surface area contributed by atoms with E-state index in [4.69, 9.17) is 0 Å². The van der Waals surface area contributed by atoms with Gasteiger partial charge >= 0.3 is 0 Å². The van der Waals surface area contributed by atoms with Crippen LogP contribution in [0.2, 0.25) is 0 Å². The monoisotopic (exact) mass is 138 g/mol. The van der Waals surface area contributed by atoms with E-state index in [1.165, 1.54) is 6.92 Å². The molecular weight excluding hydrogens is 128 g/mol. The Hall–Kier alpha value is -1.12. The molecule has 0 radical (unpaired) electrons. The van der Waals surface area contributed by atoms with Crippen LogP contribution in [-0.2, 0) is 7.05 Å². The molecule has 0 aliphatic carbocycles. The molecule has 0 aliphatic rings. The zero-order chi connectivity index (χ0) is 7.72. The summed E-state index contributed by atoms with van der Waals surface area (Å²) in [5.41, 5.74) is 1.55. The van der Waals surface area contributed by atoms with E-state index in [2.05, 4.69) is 5.10 Å². The smallest absolute Gasteiger partial charge is 0.179 e. The van der Waals surface area contributed by atoms with Gasteiger partial charge in [0, 0.05) is 19.7 Å². The molecule has 1 aromatic heterocycles. The van der Waals surface area contributed by atoms with Gasteiger partial charge in [-0.05, 0) is 13.0 Å². The second-order valence-corrected chi connectivity index (χ2v) is 2.35. The third-order valence-corrected chi connectivity index (χ3v) is 1.47. The van der Waals surface area contributed by atoms with E-state index in [1.54, 1.807) is 10.7 Å². The predicted octanol–water partition coefficient (Wildman–Crippen LogP) is 0.931. The van der Waals surface area contributed by atoms with Gasteiger partial charge in [-0.15, -0.1) is 0 Å². The summed E-state index contributed by atoms with van der Waals surface area (Å²) in [4.78, 5) is 10.7. The predicted molar refractivity (Wildman–Crippen MR) is 37.9 cm³/mol. The van der Waals surface area contributed by atoms with Crippen molar-refractivity contribution in [2.45, 2.75) is 13.8 Å². The molecule has 0 fully saturated rings. The standard InChI is InChI=1S/C7H10N2O/c1-5-4-7(6(2)10)8-9(5)3/h4H,1-3H3. The van der Waals surface area contributed by atoms with E-state index in [1.807, 2.05) is 14.0 Å². The molecule has 0 aliphatic heterocycles. The van der Waals surface area contributed by atoms with Gasteiger partial charge < -0.3 is 0 Å². The number of hydrogen-bond acceptors (Lipinski definition) is 2. The Balaban J connectivity index is 3.10. The summed E-state index contributed by atoms with van der Waals surface area (Å²) < 4.78 is 1.69. The lowest BCUT2D eigenvalue weighted by molar-refractivity contribution is 0.101. The highest BCUT2D eigenvalue weighted by Crippen LogP contribution is 2.00. The average molecular weight is 138 g/mol. The quantitative estimate of drug-likeness (QED) is 0.541. The van der Waals surface area contributed by atoms with Gasteiger partial charge in [0.15, 0.2) is 5.78 Å². The number of aromatic nitrogens is 2. The molecule has 0 spiro atoms. The van der Waals surface area contributed by atoms with Crippen molar-refractivity contribution in [1.82, 2.24) is 9.78 Å². The number of hydrogen-bond donors (Lipinski definition) is 0. The molecule has 0 aromatic carbocycles. The van der Waals surface area contributed by atoms with Crippen LogP contribution in [0.1, 0.15) is 23.1 Å². The van der Waals surface area contributed by atoms with E-state index in [0.29, 0.717) is 5.69 Å². The maximum absolute atomic E-state index is 10.7. The summed E-state index contributed by atoms with van der Waals surface area (Å²) >= 11 is 0. The SMILES string of the molecule is CC(=O)c1cc(C)n(C)n1. The molecule has 0 atom stereocenters. The van der Waals surface area contributed by atoms with Gasteiger partial charge in [-0.25, -0.2) is 0 Å². The second kappa shape index (κ2) is 2.25. The maximum atomic E-state index is 10.7. The van der Waals surface area contributed by atoms with Crippen molar-refractivity contribution in [2.75, 3.05) is 0 Å². The topological polar surface area (TPSA) is 34.9 Å². The number of rotatable bonds is 1. The third kappa shape index (κ3) is 1.07. The lowest BCUT2D eigenvalue weighted by Gasteiger charge is -1.88. The summed E-state index contributed by atoms with van der Waals surface area (Å²) in [6.45, 7) is 3.43. The van der Waals surface area contributed by atoms with Gasteiger partial charge in [0.2, 0.25) is 0 Å². The van der Waals surface area contributed by atoms with Crippen molar-refractivity contribution in [3.63, 3.8) is 0 Å². The molecule has 0 saturated carbocycles. The average Bonchev–Trinajstić information content (AvgIpc) is 2.13. The van der Waals surface area contributed by atoms with Crippen molar-refractivity contribution < 1.29 is 4.79 Å². The number of nitrogens with zero attached hydrogens (tertiary/aromatic N) is 2. The molecule has 0 N–H and O–H groups in total. The highest BCUT2D eigenvalue weighted by Gasteiger charge is 2.03. The minimum atomic E-state index is 0.0173. The van der Waals surface area contributed by atoms with E-state index in [9.17, 15) is 4.79 Å². The van der Waals surface area contributed by atoms with Gasteiger partial charge in [0.05, 0.1) is 0 Å². The molecule has 0 bridgehead atoms. The number of ketones is 1. The third-order valence-electron chi connectivity index (χ3n) is 1.47. The van der Waals surface area contributed by atoms with E-state index < -0.39 is 0 Å². The van der Waals surface area contributed by atoms with E-state index >= 15 is 0 Å². The summed E-state index contributed by atoms with van der Waals surface area (Å²) in [6, 6.07) is 1.78. The largest absolute Gasteiger partial charge is 0.293 e. The fourth-order valence-corrected chi connectivity index (χ4v) is 0.733. The Labute approximate surface area is 59.7 Å². The van der Waals surface area contributed by atoms with Crippen LogP contribution in [0.3, 0.4) is 0 Å². The normalized spacial score (nSPS) is 9.90. The highest BCUT2D eigenvalue weighted by molar-refractivity contribution is 5.92. The first-order valence-electron chi connectivity index (χ1n) is 3.13. The molecule has 1 heterocycles. The van der Waals surface area contributed by atoms with Crippen molar-refractivity contribution >= 4 is 5.78 Å². The molecule has 0 saturated heterocycles. The molecule has 0 amide bonds. The number of carbonyl (C=O) groups is 1. The summed E-state index contributed by atoms with van der Waals surface area (Å²) in [7, 11) is 1.82. The molecule has 10 heavy (non-hydrogen) atoms. The summed E-state index contributed by atoms with van der Waals surface area (Å²) in [6.07, 6.45) is 0. The zero-order valence-corrected chi connectivity index (χ0v) is 6.38. The van der Waals surface area contributed by atoms with Crippen molar-refractivity contribution in [2.24, 2.45) is 7.05 Å². The highest BCUT2D eigenvalue weighted by atomic mass is 16.1. The van der Waals surface area contributed by atoms with Crippen LogP contribution in [0.5, 0.6) is 0 Å². The maximum Gasteiger partial charge on any atom is 0.179 e. The first kappa shape index (κ1) is 6.99. The Morgan fingerprint density at radius 1 is 1.70 bits per heavy atom. The van der Waals surface area contributed by atoms with Crippen molar-refractivity contribution in [1.29, 1.82) is 0 Å². The van der Waals surface area contributed by atoms with Crippen LogP contribution in [0.25, 0.3) is 0 Å². The minimum Gasteiger partial charge on any atom is -0.293 e. The first-order chi connectivity index (χ1) is 4.61. The van der Waals surface area contributed by atoms with Gasteiger partial charge in [-0.1, -0.05) is 0 Å². The van der Waals surface area contributed by atoms with Gasteiger partial charge in [-0.3, -0.25) is 9.48 Å². The fraction of sp³-hybridized carbons (Fsp3) is 0.429. The van der Waals surface area contributed by atoms with Crippen LogP contribution in [0.4, 0.5) is 0 Å². The van der Waals surface area contributed by atoms with E-state index in [0.717, 1.165) is 5.69 Å². The lowest BCUT2D eigenvalue weighted by atomic mass is 10.3. The van der Waals surface area contributed by atoms with E-state index in [-0.39, 0.29) is 5.78 Å². The lowest BCUT2D eigenvalue weighted by Crippen LogP contribution is -1.96. The van der Waals surface area contributed by atoms with Crippen LogP contribution >= 0.6 is 0 Å². The van der Waals surface area contributed by atoms with Gasteiger partial charge in [0.25, 0.3) is 0 Å². The van der Waals surface area contributed by atoms with Gasteiger partial charge in [0.1, 0.15) is 5.69 Å². The molecule has 1 rings (SSSR count). The number of carbonyl (C=O) groups excluding carboxylic acids is 1. The number of Topliss-reactive ketones (excluding diaryl/α,β-unsaturated/α-hetero) is 1. The molecule has 54 valence electrons. The molecule has 3 nitrogen and oxygen atoms in total. The van der Waals surface area contributed by atoms with Crippen molar-refractivity contribution in [3.05, 3.63) is 17.5 Å². The molecule has 3 heteroatoms. The summed E-state index contributed by atoms with van der Waals surface area (Å²) in [5.74, 6) is 0.0173. The summed E-state index contributed by atoms with van der Waals surface area (Å²) in [5, 5.41) is 3.98. The minimum absolute atomic E-state index is 0.0173. The Kier molecular flexibility index (Phi) is 1.57. The molecular formula is C7H10N2O. The number of aryl methyl sites for hydroxylation is 2. The second-order valence-electron chi connectivity index (χ2n) is 2.35. The van der Waals surface area contributed by atoms with Crippen LogP contribution in [0, 0.1) is 6.92 Å². The van der Waals surface area contributed by atoms with Crippen molar-refractivity contribution in [3.8, 4) is 0 Å². The zero-order valence-electron chi connectivity index (χ0n) is 6.38. The van der Waals surface area contributed by atoms with Crippen LogP contribution in [-0.4, -0.2) is 15.6 Å². The Morgan fingerprint density at radius 2 is 2.30 bits per heavy atom. The van der Waals surface area contributed by atoms with Crippen LogP contribution < -0.4 is 0 Å². The van der Waals surface area contributed by atoms with Crippen LogP contribution in [0.15, 0.2) is 6.07 Å². The molecule has 1 aromatic rings. The fourth-order valence-electron chi connectivity index (χ4n) is 0.733. The first-order valence-corrected chi connectivity index (χ1v) is 3.13. The Bertz CT molecular complexity index is 243. The Morgan fingerprint density at radius 3 is 2.50 bits per heavy atom. The van der Waals surface area contributed by atoms with Gasteiger partial charge in [-0.2, -0.15) is 5.10 Å².